The molecule has 0 saturated heterocycles. The lowest BCUT2D eigenvalue weighted by molar-refractivity contribution is -0.139. The third kappa shape index (κ3) is 5.02. The largest absolute Gasteiger partial charge is 0.480 e. The number of hydrogen-bond acceptors (Lipinski definition) is 3. The minimum atomic E-state index is -1.03. The number of rotatable bonds is 8. The van der Waals surface area contributed by atoms with Gasteiger partial charge in [0, 0.05) is 17.5 Å². The quantitative estimate of drug-likeness (QED) is 0.721. The maximum absolute atomic E-state index is 12.0. The fourth-order valence-electron chi connectivity index (χ4n) is 1.92. The smallest absolute Gasteiger partial charge is 0.326 e. The first-order valence-electron chi connectivity index (χ1n) is 7.16. The van der Waals surface area contributed by atoms with Gasteiger partial charge < -0.3 is 10.4 Å². The molecule has 21 heavy (non-hydrogen) atoms. The van der Waals surface area contributed by atoms with Crippen LogP contribution in [-0.2, 0) is 4.79 Å². The molecule has 0 saturated carbocycles. The van der Waals surface area contributed by atoms with Crippen LogP contribution in [0.15, 0.2) is 24.3 Å². The molecule has 0 fully saturated rings. The SMILES string of the molecule is CCCC[C@H](NC(=O)c1ccc(C(=O)CC)cc1)C(=O)O. The summed E-state index contributed by atoms with van der Waals surface area (Å²) in [5.41, 5.74) is 0.903. The minimum absolute atomic E-state index is 0.00770. The number of carbonyl (C=O) groups is 3. The second-order valence-electron chi connectivity index (χ2n) is 4.86. The highest BCUT2D eigenvalue weighted by Gasteiger charge is 2.20. The Kier molecular flexibility index (Phi) is 6.59. The van der Waals surface area contributed by atoms with Crippen molar-refractivity contribution in [3.05, 3.63) is 35.4 Å². The Hall–Kier alpha value is -2.17. The van der Waals surface area contributed by atoms with Gasteiger partial charge in [-0.2, -0.15) is 0 Å². The number of carboxylic acid groups (broad SMARTS) is 1. The first-order valence-corrected chi connectivity index (χ1v) is 7.16. The molecule has 1 aromatic carbocycles. The zero-order valence-electron chi connectivity index (χ0n) is 12.4. The lowest BCUT2D eigenvalue weighted by atomic mass is 10.1. The van der Waals surface area contributed by atoms with E-state index in [0.29, 0.717) is 24.0 Å². The van der Waals surface area contributed by atoms with Gasteiger partial charge in [0.15, 0.2) is 5.78 Å². The number of carboxylic acids is 1. The molecule has 5 nitrogen and oxygen atoms in total. The van der Waals surface area contributed by atoms with Crippen molar-refractivity contribution in [1.29, 1.82) is 0 Å². The molecule has 114 valence electrons. The van der Waals surface area contributed by atoms with Crippen molar-refractivity contribution in [1.82, 2.24) is 5.32 Å². The molecule has 0 bridgehead atoms. The van der Waals surface area contributed by atoms with Gasteiger partial charge in [0.25, 0.3) is 5.91 Å². The number of benzene rings is 1. The Labute approximate surface area is 124 Å². The topological polar surface area (TPSA) is 83.5 Å². The maximum Gasteiger partial charge on any atom is 0.326 e. The van der Waals surface area contributed by atoms with Gasteiger partial charge in [0.1, 0.15) is 6.04 Å². The lowest BCUT2D eigenvalue weighted by Crippen LogP contribution is -2.40. The van der Waals surface area contributed by atoms with Crippen molar-refractivity contribution in [2.45, 2.75) is 45.6 Å². The number of hydrogen-bond donors (Lipinski definition) is 2. The molecule has 1 rings (SSSR count). The monoisotopic (exact) mass is 291 g/mol. The van der Waals surface area contributed by atoms with Crippen LogP contribution in [0.2, 0.25) is 0 Å². The molecule has 0 aliphatic heterocycles. The van der Waals surface area contributed by atoms with E-state index in [1.54, 1.807) is 19.1 Å². The van der Waals surface area contributed by atoms with Gasteiger partial charge in [-0.25, -0.2) is 4.79 Å². The summed E-state index contributed by atoms with van der Waals surface area (Å²) in [5, 5.41) is 11.6. The van der Waals surface area contributed by atoms with Crippen LogP contribution in [-0.4, -0.2) is 28.8 Å². The van der Waals surface area contributed by atoms with Gasteiger partial charge in [-0.3, -0.25) is 9.59 Å². The molecule has 5 heteroatoms. The molecular formula is C16H21NO4. The summed E-state index contributed by atoms with van der Waals surface area (Å²) in [6, 6.07) is 5.37. The molecule has 1 aromatic rings. The van der Waals surface area contributed by atoms with E-state index in [1.807, 2.05) is 6.92 Å². The van der Waals surface area contributed by atoms with Crippen molar-refractivity contribution in [3.63, 3.8) is 0 Å². The van der Waals surface area contributed by atoms with Gasteiger partial charge in [0.2, 0.25) is 0 Å². The maximum atomic E-state index is 12.0. The second kappa shape index (κ2) is 8.19. The van der Waals surface area contributed by atoms with Crippen molar-refractivity contribution < 1.29 is 19.5 Å². The van der Waals surface area contributed by atoms with Crippen LogP contribution >= 0.6 is 0 Å². The first-order chi connectivity index (χ1) is 9.99. The van der Waals surface area contributed by atoms with E-state index < -0.39 is 17.9 Å². The normalized spacial score (nSPS) is 11.7. The fraction of sp³-hybridized carbons (Fsp3) is 0.438. The highest BCUT2D eigenvalue weighted by Crippen LogP contribution is 2.08. The molecule has 0 unspecified atom stereocenters. The molecule has 0 radical (unpaired) electrons. The van der Waals surface area contributed by atoms with Crippen LogP contribution in [0.3, 0.4) is 0 Å². The summed E-state index contributed by atoms with van der Waals surface area (Å²) < 4.78 is 0. The van der Waals surface area contributed by atoms with E-state index >= 15 is 0 Å². The summed E-state index contributed by atoms with van der Waals surface area (Å²) in [7, 11) is 0. The van der Waals surface area contributed by atoms with Gasteiger partial charge in [-0.1, -0.05) is 38.8 Å². The van der Waals surface area contributed by atoms with Crippen LogP contribution < -0.4 is 5.32 Å². The van der Waals surface area contributed by atoms with Crippen molar-refractivity contribution in [3.8, 4) is 0 Å². The first kappa shape index (κ1) is 16.9. The van der Waals surface area contributed by atoms with E-state index in [2.05, 4.69) is 5.32 Å². The summed E-state index contributed by atoms with van der Waals surface area (Å²) in [4.78, 5) is 34.6. The predicted octanol–water partition coefficient (Wildman–Crippen LogP) is 2.65. The minimum Gasteiger partial charge on any atom is -0.480 e. The summed E-state index contributed by atoms with van der Waals surface area (Å²) in [6.45, 7) is 3.73. The fourth-order valence-corrected chi connectivity index (χ4v) is 1.92. The third-order valence-electron chi connectivity index (χ3n) is 3.24. The van der Waals surface area contributed by atoms with Crippen molar-refractivity contribution in [2.75, 3.05) is 0 Å². The summed E-state index contributed by atoms with van der Waals surface area (Å²) >= 11 is 0. The van der Waals surface area contributed by atoms with Crippen LogP contribution in [0, 0.1) is 0 Å². The van der Waals surface area contributed by atoms with Gasteiger partial charge in [0.05, 0.1) is 0 Å². The van der Waals surface area contributed by atoms with Crippen molar-refractivity contribution in [2.24, 2.45) is 0 Å². The van der Waals surface area contributed by atoms with Crippen LogP contribution in [0.4, 0.5) is 0 Å². The summed E-state index contributed by atoms with van der Waals surface area (Å²) in [5.74, 6) is -1.46. The number of unbranched alkanes of at least 4 members (excludes halogenated alkanes) is 1. The molecular weight excluding hydrogens is 270 g/mol. The predicted molar refractivity (Wildman–Crippen MR) is 79.5 cm³/mol. The number of Topliss-reactive ketones (excluding diaryl/α,β-unsaturated/α-hetero) is 1. The molecule has 0 spiro atoms. The average molecular weight is 291 g/mol. The number of amides is 1. The van der Waals surface area contributed by atoms with E-state index in [0.717, 1.165) is 12.8 Å². The van der Waals surface area contributed by atoms with Crippen molar-refractivity contribution >= 4 is 17.7 Å². The lowest BCUT2D eigenvalue weighted by Gasteiger charge is -2.14. The van der Waals surface area contributed by atoms with Crippen LogP contribution in [0.1, 0.15) is 60.2 Å². The number of ketones is 1. The zero-order valence-corrected chi connectivity index (χ0v) is 12.4. The van der Waals surface area contributed by atoms with Crippen LogP contribution in [0.25, 0.3) is 0 Å². The Morgan fingerprint density at radius 3 is 2.14 bits per heavy atom. The van der Waals surface area contributed by atoms with E-state index in [1.165, 1.54) is 12.1 Å². The highest BCUT2D eigenvalue weighted by molar-refractivity contribution is 5.99. The van der Waals surface area contributed by atoms with Crippen LogP contribution in [0.5, 0.6) is 0 Å². The second-order valence-corrected chi connectivity index (χ2v) is 4.86. The Morgan fingerprint density at radius 2 is 1.67 bits per heavy atom. The standard InChI is InChI=1S/C16H21NO4/c1-3-5-6-13(16(20)21)17-15(19)12-9-7-11(8-10-12)14(18)4-2/h7-10,13H,3-6H2,1-2H3,(H,17,19)(H,20,21)/t13-/m0/s1. The molecule has 2 N–H and O–H groups in total. The van der Waals surface area contributed by atoms with Gasteiger partial charge >= 0.3 is 5.97 Å². The van der Waals surface area contributed by atoms with Gasteiger partial charge in [-0.15, -0.1) is 0 Å². The number of nitrogens with one attached hydrogen (secondary N) is 1. The molecule has 0 aliphatic carbocycles. The third-order valence-corrected chi connectivity index (χ3v) is 3.24. The Balaban J connectivity index is 2.73. The average Bonchev–Trinajstić information content (AvgIpc) is 2.50. The van der Waals surface area contributed by atoms with E-state index in [9.17, 15) is 14.4 Å². The number of carbonyl (C=O) groups excluding carboxylic acids is 2. The zero-order chi connectivity index (χ0) is 15.8. The van der Waals surface area contributed by atoms with E-state index in [4.69, 9.17) is 5.11 Å². The van der Waals surface area contributed by atoms with E-state index in [-0.39, 0.29) is 5.78 Å². The Morgan fingerprint density at radius 1 is 1.10 bits per heavy atom. The molecule has 1 atom stereocenters. The summed E-state index contributed by atoms with van der Waals surface area (Å²) in [6.07, 6.45) is 2.42. The molecule has 1 amide bonds. The number of aliphatic carboxylic acids is 1. The Bertz CT molecular complexity index is 508. The molecule has 0 aromatic heterocycles. The van der Waals surface area contributed by atoms with Gasteiger partial charge in [-0.05, 0) is 18.6 Å². The molecule has 0 aliphatic rings. The molecule has 0 heterocycles. The highest BCUT2D eigenvalue weighted by atomic mass is 16.4.